The fourth-order valence-electron chi connectivity index (χ4n) is 2.34. The van der Waals surface area contributed by atoms with Crippen LogP contribution in [0.2, 0.25) is 0 Å². The molecule has 0 saturated carbocycles. The number of aliphatic carboxylic acids is 1. The number of carboxylic acids is 1. The average Bonchev–Trinajstić information content (AvgIpc) is 2.75. The minimum Gasteiger partial charge on any atom is -0.480 e. The summed E-state index contributed by atoms with van der Waals surface area (Å²) < 4.78 is 4.94. The van der Waals surface area contributed by atoms with Gasteiger partial charge in [0.05, 0.1) is 0 Å². The third-order valence-electron chi connectivity index (χ3n) is 3.81. The number of carboxylic acid groups (broad SMARTS) is 1. The van der Waals surface area contributed by atoms with Gasteiger partial charge in [-0.15, -0.1) is 0 Å². The summed E-state index contributed by atoms with van der Waals surface area (Å²) >= 11 is 0. The number of amides is 4. The predicted molar refractivity (Wildman–Crippen MR) is 106 cm³/mol. The standard InChI is InChI=1S/C20H22N4O6/c25-17(12-21-20(29)30-13-15-9-5-2-6-10-15)23-24-19(28)22-16(18(26)27)11-14-7-3-1-4-8-14/h1-10,16H,11-13H2,(H,21,29)(H,23,25)(H,26,27)(H2,22,24,28)/t16-/m0/s1. The van der Waals surface area contributed by atoms with E-state index in [1.807, 2.05) is 11.5 Å². The predicted octanol–water partition coefficient (Wildman–Crippen LogP) is 0.939. The zero-order valence-corrected chi connectivity index (χ0v) is 16.0. The van der Waals surface area contributed by atoms with E-state index in [1.54, 1.807) is 54.6 Å². The van der Waals surface area contributed by atoms with Gasteiger partial charge in [0.2, 0.25) is 0 Å². The number of rotatable bonds is 8. The Bertz CT molecular complexity index is 860. The first-order valence-corrected chi connectivity index (χ1v) is 9.00. The van der Waals surface area contributed by atoms with Crippen molar-refractivity contribution in [3.05, 3.63) is 71.8 Å². The first-order valence-electron chi connectivity index (χ1n) is 9.00. The normalized spacial score (nSPS) is 10.9. The van der Waals surface area contributed by atoms with Crippen LogP contribution in [0.5, 0.6) is 0 Å². The molecule has 10 heteroatoms. The highest BCUT2D eigenvalue weighted by Gasteiger charge is 2.20. The zero-order chi connectivity index (χ0) is 21.8. The molecule has 0 bridgehead atoms. The van der Waals surface area contributed by atoms with Crippen LogP contribution in [-0.4, -0.2) is 41.7 Å². The first kappa shape index (κ1) is 22.2. The molecule has 0 unspecified atom stereocenters. The van der Waals surface area contributed by atoms with E-state index >= 15 is 0 Å². The van der Waals surface area contributed by atoms with Crippen LogP contribution in [0.3, 0.4) is 0 Å². The lowest BCUT2D eigenvalue weighted by Gasteiger charge is -2.15. The summed E-state index contributed by atoms with van der Waals surface area (Å²) in [6, 6.07) is 15.7. The molecular formula is C20H22N4O6. The van der Waals surface area contributed by atoms with Crippen LogP contribution in [0.25, 0.3) is 0 Å². The first-order chi connectivity index (χ1) is 14.4. The number of benzene rings is 2. The van der Waals surface area contributed by atoms with E-state index < -0.39 is 36.6 Å². The van der Waals surface area contributed by atoms with Gasteiger partial charge < -0.3 is 20.5 Å². The molecule has 2 aromatic carbocycles. The molecule has 5 N–H and O–H groups in total. The van der Waals surface area contributed by atoms with Gasteiger partial charge in [-0.1, -0.05) is 60.7 Å². The molecule has 2 rings (SSSR count). The summed E-state index contributed by atoms with van der Waals surface area (Å²) in [5.74, 6) is -1.94. The van der Waals surface area contributed by atoms with Crippen molar-refractivity contribution in [1.82, 2.24) is 21.5 Å². The molecular weight excluding hydrogens is 392 g/mol. The number of ether oxygens (including phenoxy) is 1. The van der Waals surface area contributed by atoms with Crippen LogP contribution in [0.1, 0.15) is 11.1 Å². The van der Waals surface area contributed by atoms with Crippen LogP contribution in [0.4, 0.5) is 9.59 Å². The molecule has 10 nitrogen and oxygen atoms in total. The molecule has 158 valence electrons. The van der Waals surface area contributed by atoms with Crippen LogP contribution < -0.4 is 21.5 Å². The lowest BCUT2D eigenvalue weighted by molar-refractivity contribution is -0.139. The van der Waals surface area contributed by atoms with Crippen LogP contribution >= 0.6 is 0 Å². The Morgan fingerprint density at radius 1 is 0.867 bits per heavy atom. The highest BCUT2D eigenvalue weighted by Crippen LogP contribution is 2.03. The van der Waals surface area contributed by atoms with E-state index in [0.29, 0.717) is 0 Å². The Balaban J connectivity index is 1.67. The van der Waals surface area contributed by atoms with Gasteiger partial charge in [-0.25, -0.2) is 19.8 Å². The van der Waals surface area contributed by atoms with Gasteiger partial charge in [0.1, 0.15) is 19.2 Å². The zero-order valence-electron chi connectivity index (χ0n) is 16.0. The molecule has 0 heterocycles. The smallest absolute Gasteiger partial charge is 0.407 e. The van der Waals surface area contributed by atoms with E-state index in [0.717, 1.165) is 11.1 Å². The molecule has 30 heavy (non-hydrogen) atoms. The quantitative estimate of drug-likeness (QED) is 0.406. The SMILES string of the molecule is O=C(CNC(=O)OCc1ccccc1)NNC(=O)N[C@@H](Cc1ccccc1)C(=O)O. The number of hydrazine groups is 1. The second kappa shape index (κ2) is 11.7. The third-order valence-corrected chi connectivity index (χ3v) is 3.81. The lowest BCUT2D eigenvalue weighted by atomic mass is 10.1. The molecule has 0 spiro atoms. The molecule has 0 aromatic heterocycles. The monoisotopic (exact) mass is 414 g/mol. The third kappa shape index (κ3) is 8.30. The van der Waals surface area contributed by atoms with E-state index in [4.69, 9.17) is 4.74 Å². The number of carbonyl (C=O) groups excluding carboxylic acids is 3. The Hall–Kier alpha value is -4.08. The second-order valence-electron chi connectivity index (χ2n) is 6.14. The maximum absolute atomic E-state index is 11.8. The van der Waals surface area contributed by atoms with Crippen molar-refractivity contribution in [3.8, 4) is 0 Å². The topological polar surface area (TPSA) is 146 Å². The second-order valence-corrected chi connectivity index (χ2v) is 6.14. The minimum absolute atomic E-state index is 0.0486. The molecule has 0 fully saturated rings. The fourth-order valence-corrected chi connectivity index (χ4v) is 2.34. The molecule has 0 saturated heterocycles. The molecule has 4 amide bonds. The van der Waals surface area contributed by atoms with Gasteiger partial charge >= 0.3 is 18.1 Å². The summed E-state index contributed by atoms with van der Waals surface area (Å²) in [7, 11) is 0. The molecule has 0 aliphatic carbocycles. The van der Waals surface area contributed by atoms with Crippen molar-refractivity contribution in [1.29, 1.82) is 0 Å². The Morgan fingerprint density at radius 3 is 2.07 bits per heavy atom. The summed E-state index contributed by atoms with van der Waals surface area (Å²) in [5, 5.41) is 13.7. The Kier molecular flexibility index (Phi) is 8.66. The van der Waals surface area contributed by atoms with E-state index in [1.165, 1.54) is 0 Å². The van der Waals surface area contributed by atoms with Gasteiger partial charge in [0, 0.05) is 6.42 Å². The molecule has 2 aromatic rings. The largest absolute Gasteiger partial charge is 0.480 e. The fraction of sp³-hybridized carbons (Fsp3) is 0.200. The number of hydrogen-bond acceptors (Lipinski definition) is 5. The lowest BCUT2D eigenvalue weighted by Crippen LogP contribution is -2.53. The summed E-state index contributed by atoms with van der Waals surface area (Å²) in [4.78, 5) is 46.4. The van der Waals surface area contributed by atoms with Gasteiger partial charge in [-0.3, -0.25) is 10.2 Å². The van der Waals surface area contributed by atoms with Crippen molar-refractivity contribution in [3.63, 3.8) is 0 Å². The number of urea groups is 1. The number of hydrogen-bond donors (Lipinski definition) is 5. The average molecular weight is 414 g/mol. The number of alkyl carbamates (subject to hydrolysis) is 1. The van der Waals surface area contributed by atoms with Crippen molar-refractivity contribution < 1.29 is 29.0 Å². The Labute approximate surface area is 172 Å². The maximum atomic E-state index is 11.8. The Morgan fingerprint density at radius 2 is 1.47 bits per heavy atom. The molecule has 0 aliphatic rings. The van der Waals surface area contributed by atoms with Gasteiger partial charge in [-0.05, 0) is 11.1 Å². The van der Waals surface area contributed by atoms with Crippen LogP contribution in [0.15, 0.2) is 60.7 Å². The van der Waals surface area contributed by atoms with Crippen molar-refractivity contribution in [2.45, 2.75) is 19.1 Å². The van der Waals surface area contributed by atoms with Crippen LogP contribution in [-0.2, 0) is 27.4 Å². The minimum atomic E-state index is -1.22. The van der Waals surface area contributed by atoms with Crippen molar-refractivity contribution >= 4 is 24.0 Å². The summed E-state index contributed by atoms with van der Waals surface area (Å²) in [6.45, 7) is -0.396. The van der Waals surface area contributed by atoms with Gasteiger partial charge in [0.25, 0.3) is 5.91 Å². The summed E-state index contributed by atoms with van der Waals surface area (Å²) in [6.07, 6.45) is -0.723. The maximum Gasteiger partial charge on any atom is 0.407 e. The number of nitrogens with one attached hydrogen (secondary N) is 4. The van der Waals surface area contributed by atoms with Crippen LogP contribution in [0, 0.1) is 0 Å². The van der Waals surface area contributed by atoms with Crippen molar-refractivity contribution in [2.75, 3.05) is 6.54 Å². The summed E-state index contributed by atoms with van der Waals surface area (Å²) in [5.41, 5.74) is 5.61. The molecule has 0 aliphatic heterocycles. The van der Waals surface area contributed by atoms with Gasteiger partial charge in [0.15, 0.2) is 0 Å². The molecule has 1 atom stereocenters. The molecule has 0 radical (unpaired) electrons. The van der Waals surface area contributed by atoms with Crippen molar-refractivity contribution in [2.24, 2.45) is 0 Å². The highest BCUT2D eigenvalue weighted by molar-refractivity contribution is 5.86. The van der Waals surface area contributed by atoms with E-state index in [2.05, 4.69) is 16.1 Å². The van der Waals surface area contributed by atoms with Gasteiger partial charge in [-0.2, -0.15) is 0 Å². The highest BCUT2D eigenvalue weighted by atomic mass is 16.5. The van der Waals surface area contributed by atoms with E-state index in [-0.39, 0.29) is 13.0 Å². The van der Waals surface area contributed by atoms with E-state index in [9.17, 15) is 24.3 Å². The number of carbonyl (C=O) groups is 4.